The predicted octanol–water partition coefficient (Wildman–Crippen LogP) is 3.12. The van der Waals surface area contributed by atoms with E-state index in [4.69, 9.17) is 0 Å². The summed E-state index contributed by atoms with van der Waals surface area (Å²) in [5, 5.41) is 17.4. The summed E-state index contributed by atoms with van der Waals surface area (Å²) in [4.78, 5) is 19.2. The molecule has 0 radical (unpaired) electrons. The Hall–Kier alpha value is -1.92. The average molecular weight is 293 g/mol. The third-order valence-electron chi connectivity index (χ3n) is 4.07. The summed E-state index contributed by atoms with van der Waals surface area (Å²) < 4.78 is 0. The lowest BCUT2D eigenvalue weighted by molar-refractivity contribution is -0.385. The first-order valence-corrected chi connectivity index (χ1v) is 7.46. The minimum Gasteiger partial charge on any atom is -0.364 e. The van der Waals surface area contributed by atoms with Gasteiger partial charge in [-0.25, -0.2) is 4.98 Å². The quantitative estimate of drug-likeness (QED) is 0.618. The Balaban J connectivity index is 2.24. The summed E-state index contributed by atoms with van der Waals surface area (Å²) in [7, 11) is 0. The Kier molecular flexibility index (Phi) is 4.59. The van der Waals surface area contributed by atoms with Gasteiger partial charge in [0.25, 0.3) is 0 Å². The number of aromatic nitrogens is 2. The van der Waals surface area contributed by atoms with E-state index in [1.165, 1.54) is 12.8 Å². The van der Waals surface area contributed by atoms with Crippen molar-refractivity contribution in [3.8, 4) is 0 Å². The fourth-order valence-corrected chi connectivity index (χ4v) is 2.85. The summed E-state index contributed by atoms with van der Waals surface area (Å²) >= 11 is 0. The van der Waals surface area contributed by atoms with Crippen molar-refractivity contribution in [2.75, 3.05) is 23.7 Å². The SMILES string of the molecule is CCNc1nc(C)c([N+](=O)[O-])c(NCC2(C)CCCC2)n1. The molecule has 0 saturated heterocycles. The molecular weight excluding hydrogens is 270 g/mol. The number of nitrogens with one attached hydrogen (secondary N) is 2. The number of anilines is 2. The first-order chi connectivity index (χ1) is 9.95. The molecule has 116 valence electrons. The summed E-state index contributed by atoms with van der Waals surface area (Å²) in [5.74, 6) is 0.747. The largest absolute Gasteiger partial charge is 0.364 e. The zero-order valence-electron chi connectivity index (χ0n) is 12.9. The zero-order chi connectivity index (χ0) is 15.5. The molecule has 1 fully saturated rings. The lowest BCUT2D eigenvalue weighted by atomic mass is 9.89. The fourth-order valence-electron chi connectivity index (χ4n) is 2.85. The van der Waals surface area contributed by atoms with E-state index in [1.54, 1.807) is 6.92 Å². The maximum Gasteiger partial charge on any atom is 0.332 e. The third-order valence-corrected chi connectivity index (χ3v) is 4.07. The number of nitrogens with zero attached hydrogens (tertiary/aromatic N) is 3. The van der Waals surface area contributed by atoms with Crippen molar-refractivity contribution in [2.45, 2.75) is 46.5 Å². The van der Waals surface area contributed by atoms with Gasteiger partial charge in [0.15, 0.2) is 0 Å². The van der Waals surface area contributed by atoms with Crippen molar-refractivity contribution >= 4 is 17.5 Å². The van der Waals surface area contributed by atoms with E-state index >= 15 is 0 Å². The molecule has 0 spiro atoms. The molecule has 0 aromatic carbocycles. The predicted molar refractivity (Wildman–Crippen MR) is 82.7 cm³/mol. The molecule has 1 aliphatic carbocycles. The van der Waals surface area contributed by atoms with Gasteiger partial charge in [0.1, 0.15) is 5.69 Å². The van der Waals surface area contributed by atoms with Gasteiger partial charge in [0, 0.05) is 13.1 Å². The average Bonchev–Trinajstić information content (AvgIpc) is 2.83. The molecule has 2 rings (SSSR count). The second kappa shape index (κ2) is 6.24. The molecule has 21 heavy (non-hydrogen) atoms. The van der Waals surface area contributed by atoms with Gasteiger partial charge < -0.3 is 10.6 Å². The van der Waals surface area contributed by atoms with Gasteiger partial charge in [-0.2, -0.15) is 4.98 Å². The Bertz CT molecular complexity index is 526. The normalized spacial score (nSPS) is 16.7. The van der Waals surface area contributed by atoms with Gasteiger partial charge in [0.05, 0.1) is 4.92 Å². The van der Waals surface area contributed by atoms with Crippen LogP contribution in [0.4, 0.5) is 17.5 Å². The van der Waals surface area contributed by atoms with E-state index in [2.05, 4.69) is 27.5 Å². The van der Waals surface area contributed by atoms with Crippen LogP contribution in [0.2, 0.25) is 0 Å². The maximum absolute atomic E-state index is 11.3. The van der Waals surface area contributed by atoms with Crippen LogP contribution in [0, 0.1) is 22.5 Å². The molecule has 1 saturated carbocycles. The van der Waals surface area contributed by atoms with Crippen LogP contribution in [0.3, 0.4) is 0 Å². The van der Waals surface area contributed by atoms with Crippen LogP contribution < -0.4 is 10.6 Å². The number of rotatable bonds is 6. The molecule has 1 heterocycles. The highest BCUT2D eigenvalue weighted by Crippen LogP contribution is 2.38. The van der Waals surface area contributed by atoms with E-state index in [0.717, 1.165) is 12.8 Å². The van der Waals surface area contributed by atoms with Crippen LogP contribution in [0.25, 0.3) is 0 Å². The highest BCUT2D eigenvalue weighted by molar-refractivity contribution is 5.60. The number of hydrogen-bond donors (Lipinski definition) is 2. The van der Waals surface area contributed by atoms with Crippen LogP contribution in [-0.4, -0.2) is 28.0 Å². The zero-order valence-corrected chi connectivity index (χ0v) is 12.9. The van der Waals surface area contributed by atoms with E-state index in [1.807, 2.05) is 6.92 Å². The molecular formula is C14H23N5O2. The molecule has 1 aliphatic rings. The summed E-state index contributed by atoms with van der Waals surface area (Å²) in [5.41, 5.74) is 0.550. The van der Waals surface area contributed by atoms with Gasteiger partial charge >= 0.3 is 5.69 Å². The van der Waals surface area contributed by atoms with Gasteiger partial charge in [-0.1, -0.05) is 19.8 Å². The van der Waals surface area contributed by atoms with Gasteiger partial charge in [-0.05, 0) is 32.1 Å². The van der Waals surface area contributed by atoms with Crippen molar-refractivity contribution in [1.29, 1.82) is 0 Å². The highest BCUT2D eigenvalue weighted by Gasteiger charge is 2.30. The Morgan fingerprint density at radius 2 is 1.95 bits per heavy atom. The van der Waals surface area contributed by atoms with Crippen molar-refractivity contribution in [3.05, 3.63) is 15.8 Å². The Labute approximate surface area is 124 Å². The molecule has 0 unspecified atom stereocenters. The molecule has 0 bridgehead atoms. The van der Waals surface area contributed by atoms with Crippen LogP contribution in [0.1, 0.15) is 45.2 Å². The second-order valence-electron chi connectivity index (χ2n) is 5.99. The van der Waals surface area contributed by atoms with Crippen molar-refractivity contribution in [3.63, 3.8) is 0 Å². The number of nitro groups is 1. The molecule has 0 aliphatic heterocycles. The molecule has 2 N–H and O–H groups in total. The van der Waals surface area contributed by atoms with Crippen molar-refractivity contribution < 1.29 is 4.92 Å². The van der Waals surface area contributed by atoms with Gasteiger partial charge in [0.2, 0.25) is 11.8 Å². The summed E-state index contributed by atoms with van der Waals surface area (Å²) in [6, 6.07) is 0. The van der Waals surface area contributed by atoms with E-state index in [0.29, 0.717) is 30.5 Å². The van der Waals surface area contributed by atoms with Crippen LogP contribution in [0.5, 0.6) is 0 Å². The standard InChI is InChI=1S/C14H23N5O2/c1-4-15-13-17-10(2)11(19(20)21)12(18-13)16-9-14(3)7-5-6-8-14/h4-9H2,1-3H3,(H2,15,16,17,18). The van der Waals surface area contributed by atoms with Gasteiger partial charge in [-0.3, -0.25) is 10.1 Å². The summed E-state index contributed by atoms with van der Waals surface area (Å²) in [6.07, 6.45) is 4.76. The van der Waals surface area contributed by atoms with Crippen LogP contribution in [0.15, 0.2) is 0 Å². The van der Waals surface area contributed by atoms with Crippen LogP contribution in [-0.2, 0) is 0 Å². The van der Waals surface area contributed by atoms with Crippen molar-refractivity contribution in [2.24, 2.45) is 5.41 Å². The summed E-state index contributed by atoms with van der Waals surface area (Å²) in [6.45, 7) is 7.18. The van der Waals surface area contributed by atoms with E-state index < -0.39 is 4.92 Å². The lowest BCUT2D eigenvalue weighted by Gasteiger charge is -2.24. The fraction of sp³-hybridized carbons (Fsp3) is 0.714. The topological polar surface area (TPSA) is 93.0 Å². The highest BCUT2D eigenvalue weighted by atomic mass is 16.6. The Morgan fingerprint density at radius 1 is 1.29 bits per heavy atom. The van der Waals surface area contributed by atoms with Crippen molar-refractivity contribution in [1.82, 2.24) is 9.97 Å². The number of aryl methyl sites for hydroxylation is 1. The minimum absolute atomic E-state index is 0.0294. The Morgan fingerprint density at radius 3 is 2.52 bits per heavy atom. The molecule has 1 aromatic rings. The molecule has 7 nitrogen and oxygen atoms in total. The first-order valence-electron chi connectivity index (χ1n) is 7.46. The molecule has 0 atom stereocenters. The number of hydrogen-bond acceptors (Lipinski definition) is 6. The maximum atomic E-state index is 11.3. The van der Waals surface area contributed by atoms with Crippen LogP contribution >= 0.6 is 0 Å². The molecule has 0 amide bonds. The second-order valence-corrected chi connectivity index (χ2v) is 5.99. The molecule has 1 aromatic heterocycles. The smallest absolute Gasteiger partial charge is 0.332 e. The first kappa shape index (κ1) is 15.5. The lowest BCUT2D eigenvalue weighted by Crippen LogP contribution is -2.24. The monoisotopic (exact) mass is 293 g/mol. The van der Waals surface area contributed by atoms with E-state index in [9.17, 15) is 10.1 Å². The van der Waals surface area contributed by atoms with Gasteiger partial charge in [-0.15, -0.1) is 0 Å². The molecule has 7 heteroatoms. The van der Waals surface area contributed by atoms with E-state index in [-0.39, 0.29) is 11.1 Å². The minimum atomic E-state index is -0.412. The third kappa shape index (κ3) is 3.59.